The molecular formula is C27H42O4. The largest absolute Gasteiger partial charge is 0.307 e. The van der Waals surface area contributed by atoms with Crippen LogP contribution in [0.4, 0.5) is 0 Å². The minimum absolute atomic E-state index is 0.124. The summed E-state index contributed by atoms with van der Waals surface area (Å²) in [6, 6.07) is 0. The van der Waals surface area contributed by atoms with Crippen molar-refractivity contribution in [3.8, 4) is 0 Å². The number of ether oxygens (including phenoxy) is 1. The first-order valence-electron chi connectivity index (χ1n) is 13.0. The molecule has 31 heavy (non-hydrogen) atoms. The Morgan fingerprint density at radius 3 is 2.61 bits per heavy atom. The first-order valence-corrected chi connectivity index (χ1v) is 13.0. The molecule has 0 amide bonds. The van der Waals surface area contributed by atoms with E-state index in [4.69, 9.17) is 14.5 Å². The molecule has 1 saturated heterocycles. The van der Waals surface area contributed by atoms with Gasteiger partial charge in [0.15, 0.2) is 0 Å². The van der Waals surface area contributed by atoms with Gasteiger partial charge in [0, 0.05) is 11.8 Å². The van der Waals surface area contributed by atoms with Gasteiger partial charge >= 0.3 is 0 Å². The van der Waals surface area contributed by atoms with Gasteiger partial charge in [-0.3, -0.25) is 4.79 Å². The maximum Gasteiger partial charge on any atom is 0.257 e. The summed E-state index contributed by atoms with van der Waals surface area (Å²) in [7, 11) is 0. The van der Waals surface area contributed by atoms with Gasteiger partial charge in [0.2, 0.25) is 11.6 Å². The minimum atomic E-state index is -0.883. The highest BCUT2D eigenvalue weighted by Crippen LogP contribution is 2.69. The molecule has 0 aromatic rings. The van der Waals surface area contributed by atoms with Crippen LogP contribution < -0.4 is 0 Å². The van der Waals surface area contributed by atoms with E-state index in [1.165, 1.54) is 44.9 Å². The van der Waals surface area contributed by atoms with Gasteiger partial charge in [0.1, 0.15) is 0 Å². The lowest BCUT2D eigenvalue weighted by Crippen LogP contribution is -2.59. The van der Waals surface area contributed by atoms with E-state index in [1.807, 2.05) is 0 Å². The molecule has 4 heteroatoms. The third-order valence-electron chi connectivity index (χ3n) is 10.4. The summed E-state index contributed by atoms with van der Waals surface area (Å²) in [6.45, 7) is 12.1. The van der Waals surface area contributed by atoms with Crippen LogP contribution in [0.5, 0.6) is 0 Å². The third-order valence-corrected chi connectivity index (χ3v) is 10.4. The average molecular weight is 431 g/mol. The quantitative estimate of drug-likeness (QED) is 0.470. The highest BCUT2D eigenvalue weighted by atomic mass is 17.3. The summed E-state index contributed by atoms with van der Waals surface area (Å²) in [5.74, 6) is 3.52. The Labute approximate surface area is 188 Å². The Bertz CT molecular complexity index is 746. The molecule has 4 nitrogen and oxygen atoms in total. The molecule has 4 fully saturated rings. The van der Waals surface area contributed by atoms with E-state index in [2.05, 4.69) is 40.7 Å². The maximum absolute atomic E-state index is 12.4. The van der Waals surface area contributed by atoms with Gasteiger partial charge in [-0.25, -0.2) is 0 Å². The third kappa shape index (κ3) is 3.22. The van der Waals surface area contributed by atoms with Crippen molar-refractivity contribution in [2.75, 3.05) is 0 Å². The topological polar surface area (TPSA) is 44.8 Å². The number of hydrogen-bond acceptors (Lipinski definition) is 4. The number of rotatable bonds is 5. The first kappa shape index (κ1) is 22.1. The molecule has 2 bridgehead atoms. The molecule has 0 aromatic carbocycles. The Hall–Kier alpha value is -0.710. The lowest BCUT2D eigenvalue weighted by Gasteiger charge is -2.59. The van der Waals surface area contributed by atoms with Crippen LogP contribution >= 0.6 is 0 Å². The minimum Gasteiger partial charge on any atom is -0.307 e. The van der Waals surface area contributed by atoms with Crippen LogP contribution in [0.3, 0.4) is 0 Å². The van der Waals surface area contributed by atoms with E-state index in [0.717, 1.165) is 36.5 Å². The number of carbonyl (C=O) groups excluding carboxylic acids is 1. The molecule has 0 N–H and O–H groups in total. The Kier molecular flexibility index (Phi) is 5.47. The van der Waals surface area contributed by atoms with E-state index < -0.39 is 12.1 Å². The smallest absolute Gasteiger partial charge is 0.257 e. The number of fused-ring (bicyclic) bond motifs is 5. The molecule has 5 rings (SSSR count). The second-order valence-electron chi connectivity index (χ2n) is 12.3. The Morgan fingerprint density at radius 1 is 1.03 bits per heavy atom. The van der Waals surface area contributed by atoms with Crippen molar-refractivity contribution in [2.24, 2.45) is 46.3 Å². The SMILES string of the molecule is CC(C)CCCC(C)C1CCC2C3CCC45OOC(O4)C(=O)C=CC5(C)C3CCC12C. The van der Waals surface area contributed by atoms with E-state index in [-0.39, 0.29) is 11.2 Å². The molecule has 9 unspecified atom stereocenters. The van der Waals surface area contributed by atoms with Crippen molar-refractivity contribution < 1.29 is 19.3 Å². The van der Waals surface area contributed by atoms with Crippen LogP contribution in [0.1, 0.15) is 92.4 Å². The van der Waals surface area contributed by atoms with Gasteiger partial charge in [-0.05, 0) is 79.1 Å². The number of ketones is 1. The molecule has 2 heterocycles. The van der Waals surface area contributed by atoms with Gasteiger partial charge in [-0.2, -0.15) is 9.78 Å². The van der Waals surface area contributed by atoms with Gasteiger partial charge in [0.25, 0.3) is 6.29 Å². The normalized spacial score (nSPS) is 49.5. The Morgan fingerprint density at radius 2 is 1.84 bits per heavy atom. The summed E-state index contributed by atoms with van der Waals surface area (Å²) < 4.78 is 6.18. The van der Waals surface area contributed by atoms with Gasteiger partial charge < -0.3 is 4.74 Å². The van der Waals surface area contributed by atoms with Gasteiger partial charge in [-0.15, -0.1) is 0 Å². The monoisotopic (exact) mass is 430 g/mol. The van der Waals surface area contributed by atoms with Crippen molar-refractivity contribution in [3.63, 3.8) is 0 Å². The van der Waals surface area contributed by atoms with E-state index in [0.29, 0.717) is 17.3 Å². The summed E-state index contributed by atoms with van der Waals surface area (Å²) in [4.78, 5) is 23.6. The van der Waals surface area contributed by atoms with E-state index >= 15 is 0 Å². The zero-order valence-corrected chi connectivity index (χ0v) is 20.2. The maximum atomic E-state index is 12.4. The molecule has 174 valence electrons. The highest BCUT2D eigenvalue weighted by molar-refractivity contribution is 5.93. The van der Waals surface area contributed by atoms with E-state index in [9.17, 15) is 4.79 Å². The lowest BCUT2D eigenvalue weighted by atomic mass is 9.47. The van der Waals surface area contributed by atoms with E-state index in [1.54, 1.807) is 6.08 Å². The molecule has 5 aliphatic rings. The van der Waals surface area contributed by atoms with Crippen LogP contribution in [0.25, 0.3) is 0 Å². The molecule has 9 atom stereocenters. The molecule has 3 aliphatic carbocycles. The predicted molar refractivity (Wildman–Crippen MR) is 120 cm³/mol. The van der Waals surface area contributed by atoms with Crippen molar-refractivity contribution in [1.29, 1.82) is 0 Å². The summed E-state index contributed by atoms with van der Waals surface area (Å²) in [6.07, 6.45) is 14.2. The first-order chi connectivity index (χ1) is 14.7. The standard InChI is InChI=1S/C27H42O4/c1-17(2)7-6-8-18(3)20-9-10-21-19-11-16-27-26(5,22(19)12-14-25(20,21)4)15-13-23(28)24(29-27)30-31-27/h13,15,17-22,24H,6-12,14,16H2,1-5H3. The number of hydrogen-bond donors (Lipinski definition) is 0. The second kappa shape index (κ2) is 7.67. The Balaban J connectivity index is 1.37. The van der Waals surface area contributed by atoms with Crippen LogP contribution in [-0.4, -0.2) is 17.9 Å². The van der Waals surface area contributed by atoms with Gasteiger partial charge in [0.05, 0.1) is 0 Å². The van der Waals surface area contributed by atoms with Crippen LogP contribution in [0.2, 0.25) is 0 Å². The molecule has 3 saturated carbocycles. The van der Waals surface area contributed by atoms with Crippen LogP contribution in [-0.2, 0) is 19.3 Å². The average Bonchev–Trinajstić information content (AvgIpc) is 3.28. The fraction of sp³-hybridized carbons (Fsp3) is 0.889. The molecule has 2 aliphatic heterocycles. The zero-order chi connectivity index (χ0) is 22.0. The number of carbonyl (C=O) groups is 1. The molecule has 0 aromatic heterocycles. The van der Waals surface area contributed by atoms with Crippen molar-refractivity contribution in [1.82, 2.24) is 0 Å². The lowest BCUT2D eigenvalue weighted by molar-refractivity contribution is -0.372. The zero-order valence-electron chi connectivity index (χ0n) is 20.2. The van der Waals surface area contributed by atoms with Gasteiger partial charge in [-0.1, -0.05) is 60.0 Å². The molecular weight excluding hydrogens is 388 g/mol. The summed E-state index contributed by atoms with van der Waals surface area (Å²) >= 11 is 0. The molecule has 1 spiro atoms. The summed E-state index contributed by atoms with van der Waals surface area (Å²) in [5, 5.41) is 0. The van der Waals surface area contributed by atoms with Crippen LogP contribution in [0, 0.1) is 46.3 Å². The molecule has 0 radical (unpaired) electrons. The summed E-state index contributed by atoms with van der Waals surface area (Å²) in [5.41, 5.74) is 0.152. The van der Waals surface area contributed by atoms with Crippen molar-refractivity contribution in [3.05, 3.63) is 12.2 Å². The highest BCUT2D eigenvalue weighted by Gasteiger charge is 2.68. The fourth-order valence-electron chi connectivity index (χ4n) is 8.71. The predicted octanol–water partition coefficient (Wildman–Crippen LogP) is 6.45. The second-order valence-corrected chi connectivity index (χ2v) is 12.3. The van der Waals surface area contributed by atoms with Crippen molar-refractivity contribution >= 4 is 5.78 Å². The van der Waals surface area contributed by atoms with Crippen molar-refractivity contribution in [2.45, 2.75) is 104 Å². The fourth-order valence-corrected chi connectivity index (χ4v) is 8.71. The van der Waals surface area contributed by atoms with Crippen LogP contribution in [0.15, 0.2) is 12.2 Å².